The Kier molecular flexibility index (Phi) is 7.34. The topological polar surface area (TPSA) is 108 Å². The lowest BCUT2D eigenvalue weighted by Crippen LogP contribution is -2.29. The molecule has 4 heterocycles. The number of aromatic nitrogens is 6. The van der Waals surface area contributed by atoms with Crippen LogP contribution in [0.5, 0.6) is 0 Å². The average Bonchev–Trinajstić information content (AvgIpc) is 3.35. The van der Waals surface area contributed by atoms with E-state index >= 15 is 0 Å². The van der Waals surface area contributed by atoms with Crippen LogP contribution in [-0.4, -0.2) is 55.3 Å². The van der Waals surface area contributed by atoms with Crippen molar-refractivity contribution in [1.29, 1.82) is 0 Å². The summed E-state index contributed by atoms with van der Waals surface area (Å²) < 4.78 is 48.4. The number of alkyl halides is 2. The molecule has 0 saturated heterocycles. The number of methoxy groups -OCH3 is 1. The lowest BCUT2D eigenvalue weighted by molar-refractivity contribution is -0.0231. The highest BCUT2D eigenvalue weighted by molar-refractivity contribution is 5.89. The highest BCUT2D eigenvalue weighted by Crippen LogP contribution is 2.32. The van der Waals surface area contributed by atoms with E-state index in [4.69, 9.17) is 10.5 Å². The summed E-state index contributed by atoms with van der Waals surface area (Å²) in [4.78, 5) is 12.7. The summed E-state index contributed by atoms with van der Waals surface area (Å²) >= 11 is 0. The molecule has 0 spiro atoms. The Morgan fingerprint density at radius 2 is 1.89 bits per heavy atom. The van der Waals surface area contributed by atoms with Crippen LogP contribution in [0.4, 0.5) is 24.9 Å². The number of pyridine rings is 1. The van der Waals surface area contributed by atoms with Crippen molar-refractivity contribution >= 4 is 28.4 Å². The van der Waals surface area contributed by atoms with Gasteiger partial charge in [0.05, 0.1) is 29.6 Å². The van der Waals surface area contributed by atoms with Crippen molar-refractivity contribution in [3.05, 3.63) is 30.0 Å². The molecule has 4 aromatic rings. The SMILES string of the molecule is CNc1nc(N)c2c(-c3ccc4nc(C)n(CC(F)F)c4n3)c(F)cn2n1.COC1(C)CCCCC1. The highest BCUT2D eigenvalue weighted by Gasteiger charge is 2.25. The van der Waals surface area contributed by atoms with E-state index in [9.17, 15) is 13.2 Å². The number of nitrogens with one attached hydrogen (secondary N) is 1. The zero-order valence-electron chi connectivity index (χ0n) is 20.9. The van der Waals surface area contributed by atoms with Crippen molar-refractivity contribution in [2.24, 2.45) is 0 Å². The molecule has 3 N–H and O–H groups in total. The van der Waals surface area contributed by atoms with E-state index in [1.54, 1.807) is 26.1 Å². The average molecular weight is 505 g/mol. The summed E-state index contributed by atoms with van der Waals surface area (Å²) in [6.45, 7) is 3.28. The van der Waals surface area contributed by atoms with E-state index in [0.717, 1.165) is 6.20 Å². The molecule has 9 nitrogen and oxygen atoms in total. The third kappa shape index (κ3) is 5.08. The van der Waals surface area contributed by atoms with E-state index in [-0.39, 0.29) is 39.8 Å². The number of ether oxygens (including phenoxy) is 1. The number of nitrogens with two attached hydrogens (primary N) is 1. The Morgan fingerprint density at radius 3 is 2.50 bits per heavy atom. The van der Waals surface area contributed by atoms with Crippen LogP contribution in [0.1, 0.15) is 44.9 Å². The minimum absolute atomic E-state index is 0.0624. The number of aryl methyl sites for hydroxylation is 1. The molecule has 1 saturated carbocycles. The molecule has 0 unspecified atom stereocenters. The van der Waals surface area contributed by atoms with Crippen LogP contribution in [0.25, 0.3) is 27.9 Å². The van der Waals surface area contributed by atoms with Gasteiger partial charge in [-0.1, -0.05) is 19.3 Å². The standard InChI is InChI=1S/C16H15F3N8.C8H16O/c1-7-22-10-4-3-9(23-15(10)26(7)6-11(18)19)12-8(17)5-27-13(12)14(20)24-16(21-2)25-27;1-8(9-2)6-4-3-5-7-8/h3-5,11H,6H2,1-2H3,(H3,20,21,24,25);3-7H2,1-2H3. The second-order valence-electron chi connectivity index (χ2n) is 9.13. The van der Waals surface area contributed by atoms with Crippen molar-refractivity contribution in [2.45, 2.75) is 64.5 Å². The highest BCUT2D eigenvalue weighted by atomic mass is 19.3. The molecule has 0 radical (unpaired) electrons. The molecule has 1 aliphatic carbocycles. The Labute approximate surface area is 206 Å². The van der Waals surface area contributed by atoms with Gasteiger partial charge in [-0.05, 0) is 38.8 Å². The fourth-order valence-electron chi connectivity index (χ4n) is 4.54. The summed E-state index contributed by atoms with van der Waals surface area (Å²) in [6.07, 6.45) is 5.21. The quantitative estimate of drug-likeness (QED) is 0.401. The Hall–Kier alpha value is -3.41. The fourth-order valence-corrected chi connectivity index (χ4v) is 4.54. The molecule has 0 aromatic carbocycles. The minimum atomic E-state index is -2.57. The summed E-state index contributed by atoms with van der Waals surface area (Å²) in [5.74, 6) is 0.0921. The minimum Gasteiger partial charge on any atom is -0.382 e. The maximum atomic E-state index is 14.7. The van der Waals surface area contributed by atoms with Gasteiger partial charge in [0.2, 0.25) is 5.95 Å². The summed E-state index contributed by atoms with van der Waals surface area (Å²) in [5.41, 5.74) is 7.46. The van der Waals surface area contributed by atoms with Crippen LogP contribution in [0.15, 0.2) is 18.3 Å². The van der Waals surface area contributed by atoms with Crippen LogP contribution in [-0.2, 0) is 11.3 Å². The molecule has 0 aliphatic heterocycles. The van der Waals surface area contributed by atoms with Crippen molar-refractivity contribution in [3.8, 4) is 11.3 Å². The van der Waals surface area contributed by atoms with E-state index < -0.39 is 18.8 Å². The normalized spacial score (nSPS) is 15.3. The first-order chi connectivity index (χ1) is 17.2. The van der Waals surface area contributed by atoms with Crippen molar-refractivity contribution in [3.63, 3.8) is 0 Å². The van der Waals surface area contributed by atoms with E-state index in [0.29, 0.717) is 11.3 Å². The predicted octanol–water partition coefficient (Wildman–Crippen LogP) is 4.83. The number of rotatable bonds is 5. The predicted molar refractivity (Wildman–Crippen MR) is 133 cm³/mol. The van der Waals surface area contributed by atoms with Crippen LogP contribution in [0.2, 0.25) is 0 Å². The van der Waals surface area contributed by atoms with Crippen molar-refractivity contribution in [1.82, 2.24) is 29.1 Å². The number of fused-ring (bicyclic) bond motifs is 2. The largest absolute Gasteiger partial charge is 0.382 e. The zero-order chi connectivity index (χ0) is 26.0. The van der Waals surface area contributed by atoms with Gasteiger partial charge < -0.3 is 20.4 Å². The lowest BCUT2D eigenvalue weighted by Gasteiger charge is -2.31. The van der Waals surface area contributed by atoms with Gasteiger partial charge in [-0.15, -0.1) is 5.10 Å². The van der Waals surface area contributed by atoms with Crippen molar-refractivity contribution < 1.29 is 17.9 Å². The number of imidazole rings is 1. The van der Waals surface area contributed by atoms with Gasteiger partial charge >= 0.3 is 0 Å². The van der Waals surface area contributed by atoms with Gasteiger partial charge in [0, 0.05) is 14.2 Å². The molecule has 194 valence electrons. The summed E-state index contributed by atoms with van der Waals surface area (Å²) in [5, 5.41) is 6.85. The van der Waals surface area contributed by atoms with Crippen LogP contribution in [0, 0.1) is 12.7 Å². The van der Waals surface area contributed by atoms with Crippen LogP contribution < -0.4 is 11.1 Å². The number of anilines is 2. The monoisotopic (exact) mass is 504 g/mol. The first-order valence-electron chi connectivity index (χ1n) is 11.9. The lowest BCUT2D eigenvalue weighted by atomic mass is 9.86. The third-order valence-corrected chi connectivity index (χ3v) is 6.60. The Bertz CT molecular complexity index is 1360. The summed E-state index contributed by atoms with van der Waals surface area (Å²) in [7, 11) is 3.44. The molecule has 36 heavy (non-hydrogen) atoms. The number of halogens is 3. The molecule has 5 rings (SSSR count). The fraction of sp³-hybridized carbons (Fsp3) is 0.500. The van der Waals surface area contributed by atoms with E-state index in [1.807, 2.05) is 7.11 Å². The Morgan fingerprint density at radius 1 is 1.17 bits per heavy atom. The number of nitrogens with zero attached hydrogens (tertiary/aromatic N) is 6. The zero-order valence-corrected chi connectivity index (χ0v) is 20.9. The maximum Gasteiger partial charge on any atom is 0.256 e. The van der Waals surface area contributed by atoms with Crippen LogP contribution in [0.3, 0.4) is 0 Å². The molecule has 1 aliphatic rings. The number of hydrogen-bond donors (Lipinski definition) is 2. The molecule has 4 aromatic heterocycles. The summed E-state index contributed by atoms with van der Waals surface area (Å²) in [6, 6.07) is 3.17. The first-order valence-corrected chi connectivity index (χ1v) is 11.9. The van der Waals surface area contributed by atoms with Gasteiger partial charge in [0.1, 0.15) is 16.9 Å². The van der Waals surface area contributed by atoms with Crippen molar-refractivity contribution in [2.75, 3.05) is 25.2 Å². The second-order valence-corrected chi connectivity index (χ2v) is 9.13. The third-order valence-electron chi connectivity index (χ3n) is 6.60. The van der Waals surface area contributed by atoms with E-state index in [1.165, 1.54) is 41.2 Å². The maximum absolute atomic E-state index is 14.7. The van der Waals surface area contributed by atoms with E-state index in [2.05, 4.69) is 32.3 Å². The second kappa shape index (κ2) is 10.3. The van der Waals surface area contributed by atoms with Gasteiger partial charge in [-0.2, -0.15) is 4.98 Å². The van der Waals surface area contributed by atoms with Crippen LogP contribution >= 0.6 is 0 Å². The van der Waals surface area contributed by atoms with Gasteiger partial charge in [-0.3, -0.25) is 0 Å². The smallest absolute Gasteiger partial charge is 0.256 e. The molecule has 0 atom stereocenters. The molecular formula is C24H31F3N8O. The number of hydrogen-bond acceptors (Lipinski definition) is 7. The van der Waals surface area contributed by atoms with Gasteiger partial charge in [-0.25, -0.2) is 27.7 Å². The molecular weight excluding hydrogens is 473 g/mol. The Balaban J connectivity index is 0.000000286. The molecule has 12 heteroatoms. The van der Waals surface area contributed by atoms with Gasteiger partial charge in [0.25, 0.3) is 6.43 Å². The molecule has 0 amide bonds. The molecule has 1 fully saturated rings. The van der Waals surface area contributed by atoms with Gasteiger partial charge in [0.15, 0.2) is 17.3 Å². The number of nitrogen functional groups attached to an aromatic ring is 1. The first kappa shape index (κ1) is 25.7. The molecule has 0 bridgehead atoms.